The van der Waals surface area contributed by atoms with Gasteiger partial charge in [0.25, 0.3) is 0 Å². The van der Waals surface area contributed by atoms with E-state index in [1.54, 1.807) is 0 Å². The molecule has 124 valence electrons. The number of hydrogen-bond donors (Lipinski definition) is 2. The minimum Gasteiger partial charge on any atom is -0.396 e. The Kier molecular flexibility index (Phi) is 1.86. The summed E-state index contributed by atoms with van der Waals surface area (Å²) in [6, 6.07) is 1.43. The third-order valence-electron chi connectivity index (χ3n) is 10.3. The van der Waals surface area contributed by atoms with E-state index in [4.69, 9.17) is 0 Å². The number of fused-ring (bicyclic) bond motifs is 1. The van der Waals surface area contributed by atoms with Crippen molar-refractivity contribution < 1.29 is 10.2 Å². The molecule has 2 N–H and O–H groups in total. The number of aliphatic hydroxyl groups is 2. The van der Waals surface area contributed by atoms with Crippen molar-refractivity contribution in [3.8, 4) is 0 Å². The van der Waals surface area contributed by atoms with Crippen LogP contribution in [0.5, 0.6) is 0 Å². The average molecular weight is 313 g/mol. The summed E-state index contributed by atoms with van der Waals surface area (Å²) >= 11 is 0. The van der Waals surface area contributed by atoms with Crippen LogP contribution in [0.4, 0.5) is 0 Å². The molecule has 3 heterocycles. The summed E-state index contributed by atoms with van der Waals surface area (Å²) in [5, 5.41) is 21.7. The molecule has 3 nitrogen and oxygen atoms in total. The first kappa shape index (κ1) is 12.9. The maximum Gasteiger partial charge on any atom is 0.0645 e. The van der Waals surface area contributed by atoms with Crippen molar-refractivity contribution in [3.63, 3.8) is 0 Å². The Morgan fingerprint density at radius 3 is 2.96 bits per heavy atom. The van der Waals surface area contributed by atoms with E-state index >= 15 is 0 Å². The Morgan fingerprint density at radius 2 is 2.13 bits per heavy atom. The summed E-state index contributed by atoms with van der Waals surface area (Å²) in [5.74, 6) is 2.35. The smallest absolute Gasteiger partial charge is 0.0645 e. The molecule has 0 aromatic rings. The zero-order valence-electron chi connectivity index (χ0n) is 13.7. The largest absolute Gasteiger partial charge is 0.396 e. The Balaban J connectivity index is 1.52. The van der Waals surface area contributed by atoms with Crippen LogP contribution in [0.3, 0.4) is 0 Å². The number of nitrogens with zero attached hydrogens (tertiary/aromatic N) is 1. The van der Waals surface area contributed by atoms with Crippen molar-refractivity contribution in [1.82, 2.24) is 4.90 Å². The van der Waals surface area contributed by atoms with E-state index in [9.17, 15) is 10.2 Å². The van der Waals surface area contributed by atoms with Crippen molar-refractivity contribution in [2.75, 3.05) is 13.2 Å². The van der Waals surface area contributed by atoms with Crippen LogP contribution in [-0.2, 0) is 0 Å². The first-order valence-electron chi connectivity index (χ1n) is 9.81. The molecule has 0 aromatic heterocycles. The molecule has 2 spiro atoms. The number of hydrogen-bond acceptors (Lipinski definition) is 3. The van der Waals surface area contributed by atoms with Crippen molar-refractivity contribution in [3.05, 3.63) is 12.2 Å². The summed E-state index contributed by atoms with van der Waals surface area (Å²) in [6.45, 7) is 5.89. The van der Waals surface area contributed by atoms with Crippen molar-refractivity contribution >= 4 is 0 Å². The van der Waals surface area contributed by atoms with E-state index in [1.165, 1.54) is 44.1 Å². The molecule has 3 saturated heterocycles. The van der Waals surface area contributed by atoms with Crippen LogP contribution in [0, 0.1) is 39.9 Å². The molecule has 11 atom stereocenters. The van der Waals surface area contributed by atoms with Gasteiger partial charge < -0.3 is 10.2 Å². The maximum absolute atomic E-state index is 11.3. The molecule has 3 aliphatic heterocycles. The fraction of sp³-hybridized carbons (Fsp3) is 0.900. The standard InChI is InChI=1S/C20H27NO2/c1-10-6-19-7-13-15-18(9-22)3-2-4-20(15)16(19)14(23)11(10)5-12(19)17(20)21(13)8-18/h11-17,22-23H,1-9H2/t11-,12?,13+,14+,15-,16-,17?,18+,19+,20+/m1/s1. The van der Waals surface area contributed by atoms with Gasteiger partial charge in [0.05, 0.1) is 12.7 Å². The summed E-state index contributed by atoms with van der Waals surface area (Å²) in [4.78, 5) is 2.85. The fourth-order valence-electron chi connectivity index (χ4n) is 10.5. The van der Waals surface area contributed by atoms with E-state index in [0.717, 1.165) is 18.5 Å². The van der Waals surface area contributed by atoms with Crippen LogP contribution in [-0.4, -0.2) is 46.5 Å². The van der Waals surface area contributed by atoms with Crippen LogP contribution in [0.1, 0.15) is 38.5 Å². The molecule has 6 aliphatic carbocycles. The van der Waals surface area contributed by atoms with Gasteiger partial charge in [-0.1, -0.05) is 18.6 Å². The van der Waals surface area contributed by atoms with Crippen molar-refractivity contribution in [1.29, 1.82) is 0 Å². The molecule has 9 bridgehead atoms. The van der Waals surface area contributed by atoms with Gasteiger partial charge in [0.2, 0.25) is 0 Å². The van der Waals surface area contributed by atoms with Gasteiger partial charge in [-0.25, -0.2) is 0 Å². The maximum atomic E-state index is 11.3. The van der Waals surface area contributed by atoms with E-state index < -0.39 is 0 Å². The number of rotatable bonds is 1. The minimum absolute atomic E-state index is 0.145. The van der Waals surface area contributed by atoms with E-state index in [0.29, 0.717) is 41.2 Å². The molecule has 9 aliphatic rings. The van der Waals surface area contributed by atoms with Crippen molar-refractivity contribution in [2.24, 2.45) is 39.9 Å². The lowest BCUT2D eigenvalue weighted by molar-refractivity contribution is -0.180. The lowest BCUT2D eigenvalue weighted by Gasteiger charge is -2.64. The highest BCUT2D eigenvalue weighted by atomic mass is 16.3. The molecule has 0 amide bonds. The summed E-state index contributed by atoms with van der Waals surface area (Å²) in [7, 11) is 0. The van der Waals surface area contributed by atoms with Crippen LogP contribution >= 0.6 is 0 Å². The Bertz CT molecular complexity index is 662. The van der Waals surface area contributed by atoms with Crippen LogP contribution in [0.15, 0.2) is 12.2 Å². The van der Waals surface area contributed by atoms with E-state index in [-0.39, 0.29) is 11.5 Å². The molecule has 3 heteroatoms. The molecule has 23 heavy (non-hydrogen) atoms. The van der Waals surface area contributed by atoms with Gasteiger partial charge >= 0.3 is 0 Å². The van der Waals surface area contributed by atoms with Gasteiger partial charge in [-0.3, -0.25) is 4.90 Å². The lowest BCUT2D eigenvalue weighted by atomic mass is 9.40. The van der Waals surface area contributed by atoms with Gasteiger partial charge in [0, 0.05) is 30.0 Å². The normalized spacial score (nSPS) is 72.3. The summed E-state index contributed by atoms with van der Waals surface area (Å²) in [5.41, 5.74) is 2.22. The molecule has 9 rings (SSSR count). The Morgan fingerprint density at radius 1 is 1.26 bits per heavy atom. The van der Waals surface area contributed by atoms with Gasteiger partial charge in [0.1, 0.15) is 0 Å². The van der Waals surface area contributed by atoms with Crippen molar-refractivity contribution in [2.45, 2.75) is 56.7 Å². The molecular weight excluding hydrogens is 286 g/mol. The predicted octanol–water partition coefficient (Wildman–Crippen LogP) is 1.79. The quantitative estimate of drug-likeness (QED) is 0.726. The molecule has 0 aromatic carbocycles. The molecular formula is C20H27NO2. The van der Waals surface area contributed by atoms with E-state index in [1.807, 2.05) is 0 Å². The number of piperidine rings is 2. The monoisotopic (exact) mass is 313 g/mol. The number of aliphatic hydroxyl groups excluding tert-OH is 2. The van der Waals surface area contributed by atoms with Gasteiger partial charge in [-0.05, 0) is 60.7 Å². The fourth-order valence-corrected chi connectivity index (χ4v) is 10.5. The van der Waals surface area contributed by atoms with Gasteiger partial charge in [-0.2, -0.15) is 0 Å². The molecule has 0 radical (unpaired) electrons. The predicted molar refractivity (Wildman–Crippen MR) is 85.5 cm³/mol. The van der Waals surface area contributed by atoms with Crippen LogP contribution in [0.25, 0.3) is 0 Å². The topological polar surface area (TPSA) is 43.7 Å². The van der Waals surface area contributed by atoms with Gasteiger partial charge in [0.15, 0.2) is 0 Å². The highest BCUT2D eigenvalue weighted by Crippen LogP contribution is 2.87. The third-order valence-corrected chi connectivity index (χ3v) is 10.3. The molecule has 3 unspecified atom stereocenters. The van der Waals surface area contributed by atoms with E-state index in [2.05, 4.69) is 11.5 Å². The third kappa shape index (κ3) is 0.950. The van der Waals surface area contributed by atoms with Crippen LogP contribution in [0.2, 0.25) is 0 Å². The zero-order chi connectivity index (χ0) is 15.4. The molecule has 9 fully saturated rings. The Hall–Kier alpha value is -0.380. The SMILES string of the molecule is C=C1C[C@]23C[C@H]4[C@@H]5[C@@]6(CO)CCC[C@]57C(C2C[C@H]1[C@H](O)[C@H]37)N4C6. The second-order valence-corrected chi connectivity index (χ2v) is 10.3. The lowest BCUT2D eigenvalue weighted by Crippen LogP contribution is -2.64. The van der Waals surface area contributed by atoms with Crippen LogP contribution < -0.4 is 0 Å². The molecule has 6 saturated carbocycles. The Labute approximate surface area is 137 Å². The first-order valence-corrected chi connectivity index (χ1v) is 9.81. The second-order valence-electron chi connectivity index (χ2n) is 10.3. The van der Waals surface area contributed by atoms with Gasteiger partial charge in [-0.15, -0.1) is 0 Å². The zero-order valence-corrected chi connectivity index (χ0v) is 13.7. The minimum atomic E-state index is -0.145. The highest BCUT2D eigenvalue weighted by molar-refractivity contribution is 5.41. The summed E-state index contributed by atoms with van der Waals surface area (Å²) in [6.07, 6.45) is 7.34. The highest BCUT2D eigenvalue weighted by Gasteiger charge is 2.88. The second kappa shape index (κ2) is 3.32. The summed E-state index contributed by atoms with van der Waals surface area (Å²) < 4.78 is 0. The average Bonchev–Trinajstić information content (AvgIpc) is 2.98. The first-order chi connectivity index (χ1) is 11.1.